The van der Waals surface area contributed by atoms with Gasteiger partial charge in [0.2, 0.25) is 10.0 Å². The van der Waals surface area contributed by atoms with E-state index in [-0.39, 0.29) is 0 Å². The van der Waals surface area contributed by atoms with Gasteiger partial charge in [-0.25, -0.2) is 13.1 Å². The van der Waals surface area contributed by atoms with Gasteiger partial charge in [-0.3, -0.25) is 9.89 Å². The number of nitrogens with zero attached hydrogens (tertiary/aromatic N) is 1. The third kappa shape index (κ3) is 3.27. The van der Waals surface area contributed by atoms with E-state index in [1.807, 2.05) is 0 Å². The van der Waals surface area contributed by atoms with E-state index in [2.05, 4.69) is 19.7 Å². The number of aromatic nitrogens is 2. The summed E-state index contributed by atoms with van der Waals surface area (Å²) in [5, 5.41) is 5.05. The van der Waals surface area contributed by atoms with Gasteiger partial charge in [-0.1, -0.05) is 0 Å². The van der Waals surface area contributed by atoms with E-state index < -0.39 is 27.3 Å². The molecule has 1 aromatic heterocycles. The van der Waals surface area contributed by atoms with E-state index in [1.165, 1.54) is 13.1 Å². The number of nitrogens with one attached hydrogen (secondary N) is 2. The van der Waals surface area contributed by atoms with Crippen LogP contribution in [-0.4, -0.2) is 36.9 Å². The largest absolute Gasteiger partial charge is 0.468 e. The Morgan fingerprint density at radius 2 is 2.18 bits per heavy atom. The van der Waals surface area contributed by atoms with Crippen LogP contribution >= 0.6 is 0 Å². The molecule has 0 radical (unpaired) electrons. The number of H-pyrrole nitrogens is 1. The molecule has 1 rings (SSSR count). The van der Waals surface area contributed by atoms with Crippen molar-refractivity contribution in [1.29, 1.82) is 0 Å². The van der Waals surface area contributed by atoms with Crippen molar-refractivity contribution in [3.63, 3.8) is 0 Å². The maximum absolute atomic E-state index is 11.8. The third-order valence-electron chi connectivity index (χ3n) is 2.36. The minimum Gasteiger partial charge on any atom is -0.468 e. The molecule has 0 aromatic carbocycles. The Labute approximate surface area is 99.6 Å². The topological polar surface area (TPSA) is 101 Å². The molecule has 0 bridgehead atoms. The zero-order valence-electron chi connectivity index (χ0n) is 9.80. The van der Waals surface area contributed by atoms with Gasteiger partial charge in [0.15, 0.2) is 5.25 Å². The summed E-state index contributed by atoms with van der Waals surface area (Å²) in [6.45, 7) is 2.93. The van der Waals surface area contributed by atoms with Gasteiger partial charge in [0.25, 0.3) is 0 Å². The van der Waals surface area contributed by atoms with Crippen LogP contribution in [0.5, 0.6) is 0 Å². The second-order valence-corrected chi connectivity index (χ2v) is 5.61. The predicted molar refractivity (Wildman–Crippen MR) is 60.5 cm³/mol. The molecule has 2 atom stereocenters. The van der Waals surface area contributed by atoms with E-state index in [1.54, 1.807) is 13.1 Å². The lowest BCUT2D eigenvalue weighted by atomic mass is 10.2. The Balaban J connectivity index is 2.77. The fourth-order valence-corrected chi connectivity index (χ4v) is 2.39. The summed E-state index contributed by atoms with van der Waals surface area (Å²) < 4.78 is 30.4. The standard InChI is InChI=1S/C9H15N3O4S/c1-6(8-4-10-11-5-8)12-17(14,15)7(2)9(13)16-3/h4-7,12H,1-3H3,(H,10,11). The maximum atomic E-state index is 11.8. The number of hydrogen-bond acceptors (Lipinski definition) is 5. The van der Waals surface area contributed by atoms with Gasteiger partial charge in [-0.05, 0) is 13.8 Å². The predicted octanol–water partition coefficient (Wildman–Crippen LogP) is -0.0484. The molecule has 0 spiro atoms. The summed E-state index contributed by atoms with van der Waals surface area (Å²) in [4.78, 5) is 11.2. The number of sulfonamides is 1. The van der Waals surface area contributed by atoms with Crippen molar-refractivity contribution >= 4 is 16.0 Å². The van der Waals surface area contributed by atoms with Gasteiger partial charge in [0.1, 0.15) is 0 Å². The fourth-order valence-electron chi connectivity index (χ4n) is 1.21. The third-order valence-corrected chi connectivity index (χ3v) is 4.16. The quantitative estimate of drug-likeness (QED) is 0.724. The maximum Gasteiger partial charge on any atom is 0.325 e. The van der Waals surface area contributed by atoms with Crippen LogP contribution in [0.3, 0.4) is 0 Å². The first-order valence-corrected chi connectivity index (χ1v) is 6.50. The van der Waals surface area contributed by atoms with Gasteiger partial charge >= 0.3 is 5.97 Å². The summed E-state index contributed by atoms with van der Waals surface area (Å²) in [5.41, 5.74) is 0.686. The molecular formula is C9H15N3O4S. The number of carbonyl (C=O) groups is 1. The summed E-state index contributed by atoms with van der Waals surface area (Å²) in [7, 11) is -2.62. The second kappa shape index (κ2) is 5.28. The van der Waals surface area contributed by atoms with Crippen molar-refractivity contribution in [2.75, 3.05) is 7.11 Å². The molecule has 7 nitrogen and oxygen atoms in total. The number of ether oxygens (including phenoxy) is 1. The highest BCUT2D eigenvalue weighted by Crippen LogP contribution is 2.13. The first-order valence-electron chi connectivity index (χ1n) is 4.96. The van der Waals surface area contributed by atoms with E-state index in [4.69, 9.17) is 0 Å². The van der Waals surface area contributed by atoms with Crippen molar-refractivity contribution < 1.29 is 17.9 Å². The molecule has 1 aromatic rings. The highest BCUT2D eigenvalue weighted by molar-refractivity contribution is 7.90. The van der Waals surface area contributed by atoms with Crippen LogP contribution in [0.2, 0.25) is 0 Å². The number of hydrogen-bond donors (Lipinski definition) is 2. The molecule has 0 aliphatic carbocycles. The lowest BCUT2D eigenvalue weighted by Crippen LogP contribution is -2.39. The van der Waals surface area contributed by atoms with Gasteiger partial charge in [0.05, 0.1) is 13.3 Å². The summed E-state index contributed by atoms with van der Waals surface area (Å²) in [6, 6.07) is -0.467. The normalized spacial score (nSPS) is 15.2. The molecule has 0 amide bonds. The monoisotopic (exact) mass is 261 g/mol. The Bertz CT molecular complexity index is 468. The molecule has 2 N–H and O–H groups in total. The molecule has 0 aliphatic heterocycles. The summed E-state index contributed by atoms with van der Waals surface area (Å²) >= 11 is 0. The first kappa shape index (κ1) is 13.7. The van der Waals surface area contributed by atoms with Crippen LogP contribution in [0, 0.1) is 0 Å². The molecule has 0 fully saturated rings. The van der Waals surface area contributed by atoms with Gasteiger partial charge in [-0.2, -0.15) is 5.10 Å². The van der Waals surface area contributed by atoms with Crippen molar-refractivity contribution in [3.8, 4) is 0 Å². The molecule has 0 saturated heterocycles. The number of aromatic amines is 1. The smallest absolute Gasteiger partial charge is 0.325 e. The van der Waals surface area contributed by atoms with Gasteiger partial charge in [0, 0.05) is 17.8 Å². The Morgan fingerprint density at radius 3 is 2.65 bits per heavy atom. The average molecular weight is 261 g/mol. The second-order valence-electron chi connectivity index (χ2n) is 3.58. The summed E-state index contributed by atoms with van der Waals surface area (Å²) in [5.74, 6) is -0.795. The zero-order valence-corrected chi connectivity index (χ0v) is 10.6. The average Bonchev–Trinajstić information content (AvgIpc) is 2.79. The Morgan fingerprint density at radius 1 is 1.53 bits per heavy atom. The van der Waals surface area contributed by atoms with Crippen LogP contribution in [-0.2, 0) is 19.6 Å². The number of carbonyl (C=O) groups excluding carboxylic acids is 1. The van der Waals surface area contributed by atoms with E-state index in [9.17, 15) is 13.2 Å². The number of esters is 1. The van der Waals surface area contributed by atoms with Crippen molar-refractivity contribution in [2.45, 2.75) is 25.1 Å². The van der Waals surface area contributed by atoms with Crippen LogP contribution < -0.4 is 4.72 Å². The molecule has 0 aliphatic rings. The van der Waals surface area contributed by atoms with Crippen LogP contribution in [0.1, 0.15) is 25.5 Å². The van der Waals surface area contributed by atoms with Crippen LogP contribution in [0.15, 0.2) is 12.4 Å². The first-order chi connectivity index (χ1) is 7.88. The molecule has 0 saturated carbocycles. The number of methoxy groups -OCH3 is 1. The van der Waals surface area contributed by atoms with Crippen molar-refractivity contribution in [3.05, 3.63) is 18.0 Å². The highest BCUT2D eigenvalue weighted by Gasteiger charge is 2.30. The van der Waals surface area contributed by atoms with Crippen molar-refractivity contribution in [1.82, 2.24) is 14.9 Å². The highest BCUT2D eigenvalue weighted by atomic mass is 32.2. The Hall–Kier alpha value is -1.41. The fraction of sp³-hybridized carbons (Fsp3) is 0.556. The molecule has 2 unspecified atom stereocenters. The lowest BCUT2D eigenvalue weighted by Gasteiger charge is -2.16. The molecule has 17 heavy (non-hydrogen) atoms. The number of rotatable bonds is 5. The van der Waals surface area contributed by atoms with Gasteiger partial charge in [-0.15, -0.1) is 0 Å². The van der Waals surface area contributed by atoms with Crippen molar-refractivity contribution in [2.24, 2.45) is 0 Å². The Kier molecular flexibility index (Phi) is 4.24. The molecule has 96 valence electrons. The molecular weight excluding hydrogens is 246 g/mol. The minimum absolute atomic E-state index is 0.467. The van der Waals surface area contributed by atoms with Crippen LogP contribution in [0.25, 0.3) is 0 Å². The van der Waals surface area contributed by atoms with Crippen LogP contribution in [0.4, 0.5) is 0 Å². The minimum atomic E-state index is -3.76. The SMILES string of the molecule is COC(=O)C(C)S(=O)(=O)NC(C)c1cn[nH]c1. The van der Waals surface area contributed by atoms with E-state index in [0.717, 1.165) is 7.11 Å². The van der Waals surface area contributed by atoms with E-state index >= 15 is 0 Å². The lowest BCUT2D eigenvalue weighted by molar-refractivity contribution is -0.139. The van der Waals surface area contributed by atoms with E-state index in [0.29, 0.717) is 5.56 Å². The summed E-state index contributed by atoms with van der Waals surface area (Å²) in [6.07, 6.45) is 3.09. The molecule has 1 heterocycles. The van der Waals surface area contributed by atoms with Gasteiger partial charge < -0.3 is 4.74 Å². The molecule has 8 heteroatoms. The zero-order chi connectivity index (χ0) is 13.1.